The third-order valence-electron chi connectivity index (χ3n) is 2.34. The second kappa shape index (κ2) is 4.11. The van der Waals surface area contributed by atoms with Gasteiger partial charge in [0.05, 0.1) is 6.10 Å². The number of rotatable bonds is 1. The molecule has 1 aliphatic rings. The Bertz CT molecular complexity index is 274. The Kier molecular flexibility index (Phi) is 2.85. The zero-order valence-electron chi connectivity index (χ0n) is 8.35. The van der Waals surface area contributed by atoms with Crippen LogP contribution < -0.4 is 0 Å². The van der Waals surface area contributed by atoms with Gasteiger partial charge in [0.2, 0.25) is 0 Å². The first kappa shape index (κ1) is 9.69. The van der Waals surface area contributed by atoms with Crippen molar-refractivity contribution in [2.75, 3.05) is 0 Å². The van der Waals surface area contributed by atoms with Gasteiger partial charge < -0.3 is 16.4 Å². The second-order valence-electron chi connectivity index (χ2n) is 3.68. The van der Waals surface area contributed by atoms with Gasteiger partial charge in [-0.3, -0.25) is 0 Å². The first-order chi connectivity index (χ1) is 6.75. The summed E-state index contributed by atoms with van der Waals surface area (Å²) in [6.07, 6.45) is 0.867. The molecule has 1 heterocycles. The molecule has 0 bridgehead atoms. The van der Waals surface area contributed by atoms with E-state index in [1.54, 1.807) is 0 Å². The van der Waals surface area contributed by atoms with Crippen LogP contribution in [0.3, 0.4) is 0 Å². The molecule has 1 fully saturated rings. The molecular formula is C12H15O2-. The first-order valence-corrected chi connectivity index (χ1v) is 4.94. The molecule has 3 unspecified atom stereocenters. The molecule has 1 aromatic carbocycles. The fourth-order valence-electron chi connectivity index (χ4n) is 1.67. The lowest BCUT2D eigenvalue weighted by Crippen LogP contribution is -2.30. The van der Waals surface area contributed by atoms with Crippen molar-refractivity contribution >= 4 is 0 Å². The average molecular weight is 191 g/mol. The first-order valence-electron chi connectivity index (χ1n) is 4.94. The van der Waals surface area contributed by atoms with Crippen LogP contribution in [-0.4, -0.2) is 12.2 Å². The van der Waals surface area contributed by atoms with E-state index in [0.29, 0.717) is 0 Å². The highest BCUT2D eigenvalue weighted by molar-refractivity contribution is 5.16. The Hall–Kier alpha value is -0.860. The van der Waals surface area contributed by atoms with E-state index in [1.807, 2.05) is 30.3 Å². The largest absolute Gasteiger partial charge is 0.378 e. The molecular weight excluding hydrogens is 176 g/mol. The lowest BCUT2D eigenvalue weighted by molar-refractivity contribution is -0.233. The quantitative estimate of drug-likeness (QED) is 0.635. The summed E-state index contributed by atoms with van der Waals surface area (Å²) in [6.45, 7) is 5.97. The van der Waals surface area contributed by atoms with Gasteiger partial charge in [-0.05, 0) is 13.3 Å². The van der Waals surface area contributed by atoms with E-state index in [4.69, 9.17) is 9.47 Å². The molecule has 1 saturated heterocycles. The van der Waals surface area contributed by atoms with Crippen LogP contribution in [0.15, 0.2) is 30.3 Å². The van der Waals surface area contributed by atoms with E-state index in [0.717, 1.165) is 12.0 Å². The van der Waals surface area contributed by atoms with E-state index >= 15 is 0 Å². The monoisotopic (exact) mass is 191 g/mol. The van der Waals surface area contributed by atoms with Crippen LogP contribution in [0.5, 0.6) is 0 Å². The number of hydrogen-bond donors (Lipinski definition) is 0. The summed E-state index contributed by atoms with van der Waals surface area (Å²) < 4.78 is 11.3. The lowest BCUT2D eigenvalue weighted by Gasteiger charge is -2.36. The number of ether oxygens (including phenoxy) is 2. The smallest absolute Gasteiger partial charge is 0.181 e. The molecule has 76 valence electrons. The molecule has 1 aromatic rings. The third-order valence-corrected chi connectivity index (χ3v) is 2.34. The summed E-state index contributed by atoms with van der Waals surface area (Å²) >= 11 is 0. The van der Waals surface area contributed by atoms with E-state index < -0.39 is 0 Å². The van der Waals surface area contributed by atoms with Crippen molar-refractivity contribution < 1.29 is 9.47 Å². The molecule has 3 atom stereocenters. The standard InChI is InChI=1S/C12H15O2/c1-9-8-10(2)14-12(13-9)11-6-4-3-5-7-11/h3-7,9-10,12H,1,8H2,2H3/q-1. The Morgan fingerprint density at radius 1 is 1.21 bits per heavy atom. The van der Waals surface area contributed by atoms with Crippen molar-refractivity contribution in [3.8, 4) is 0 Å². The van der Waals surface area contributed by atoms with Crippen molar-refractivity contribution in [3.05, 3.63) is 42.8 Å². The Morgan fingerprint density at radius 3 is 2.57 bits per heavy atom. The highest BCUT2D eigenvalue weighted by Crippen LogP contribution is 2.28. The minimum atomic E-state index is -0.248. The van der Waals surface area contributed by atoms with Gasteiger partial charge in [0, 0.05) is 5.56 Å². The van der Waals surface area contributed by atoms with Crippen LogP contribution in [0.25, 0.3) is 0 Å². The number of hydrogen-bond acceptors (Lipinski definition) is 2. The number of benzene rings is 1. The molecule has 0 saturated carbocycles. The van der Waals surface area contributed by atoms with Gasteiger partial charge in [-0.15, -0.1) is 0 Å². The molecule has 0 amide bonds. The topological polar surface area (TPSA) is 18.5 Å². The maximum Gasteiger partial charge on any atom is 0.181 e. The van der Waals surface area contributed by atoms with E-state index in [9.17, 15) is 0 Å². The average Bonchev–Trinajstić information content (AvgIpc) is 2.18. The summed E-state index contributed by atoms with van der Waals surface area (Å²) in [5.74, 6) is 0. The predicted octanol–water partition coefficient (Wildman–Crippen LogP) is 2.71. The van der Waals surface area contributed by atoms with Crippen molar-refractivity contribution in [3.63, 3.8) is 0 Å². The third kappa shape index (κ3) is 2.14. The van der Waals surface area contributed by atoms with Crippen molar-refractivity contribution in [2.45, 2.75) is 31.8 Å². The van der Waals surface area contributed by atoms with E-state index in [1.165, 1.54) is 0 Å². The van der Waals surface area contributed by atoms with E-state index in [-0.39, 0.29) is 18.5 Å². The zero-order chi connectivity index (χ0) is 9.97. The second-order valence-corrected chi connectivity index (χ2v) is 3.68. The van der Waals surface area contributed by atoms with Crippen LogP contribution in [0.2, 0.25) is 0 Å². The lowest BCUT2D eigenvalue weighted by atomic mass is 10.1. The summed E-state index contributed by atoms with van der Waals surface area (Å²) in [5, 5.41) is 0. The predicted molar refractivity (Wildman–Crippen MR) is 54.6 cm³/mol. The van der Waals surface area contributed by atoms with Gasteiger partial charge in [-0.2, -0.15) is 0 Å². The highest BCUT2D eigenvalue weighted by atomic mass is 16.7. The maximum absolute atomic E-state index is 5.68. The van der Waals surface area contributed by atoms with Gasteiger partial charge in [0.1, 0.15) is 0 Å². The molecule has 2 nitrogen and oxygen atoms in total. The fourth-order valence-corrected chi connectivity index (χ4v) is 1.67. The van der Waals surface area contributed by atoms with Gasteiger partial charge in [-0.1, -0.05) is 36.4 Å². The molecule has 14 heavy (non-hydrogen) atoms. The highest BCUT2D eigenvalue weighted by Gasteiger charge is 2.22. The summed E-state index contributed by atoms with van der Waals surface area (Å²) in [6, 6.07) is 9.97. The van der Waals surface area contributed by atoms with Crippen LogP contribution in [0, 0.1) is 6.92 Å². The Balaban J connectivity index is 2.11. The minimum Gasteiger partial charge on any atom is -0.378 e. The van der Waals surface area contributed by atoms with Crippen LogP contribution in [0.4, 0.5) is 0 Å². The van der Waals surface area contributed by atoms with Gasteiger partial charge in [-0.25, -0.2) is 0 Å². The molecule has 1 aliphatic heterocycles. The van der Waals surface area contributed by atoms with Crippen LogP contribution in [-0.2, 0) is 9.47 Å². The van der Waals surface area contributed by atoms with Crippen molar-refractivity contribution in [2.24, 2.45) is 0 Å². The molecule has 0 radical (unpaired) electrons. The zero-order valence-corrected chi connectivity index (χ0v) is 8.35. The summed E-state index contributed by atoms with van der Waals surface area (Å²) in [7, 11) is 0. The molecule has 0 spiro atoms. The van der Waals surface area contributed by atoms with Crippen LogP contribution >= 0.6 is 0 Å². The maximum atomic E-state index is 5.68. The molecule has 0 N–H and O–H groups in total. The molecule has 0 aliphatic carbocycles. The normalized spacial score (nSPS) is 32.9. The van der Waals surface area contributed by atoms with Crippen molar-refractivity contribution in [1.82, 2.24) is 0 Å². The van der Waals surface area contributed by atoms with Crippen LogP contribution in [0.1, 0.15) is 25.2 Å². The Labute approximate surface area is 84.8 Å². The van der Waals surface area contributed by atoms with Gasteiger partial charge >= 0.3 is 0 Å². The Morgan fingerprint density at radius 2 is 1.93 bits per heavy atom. The van der Waals surface area contributed by atoms with Crippen molar-refractivity contribution in [1.29, 1.82) is 0 Å². The molecule has 2 rings (SSSR count). The summed E-state index contributed by atoms with van der Waals surface area (Å²) in [5.41, 5.74) is 1.06. The SMILES string of the molecule is [CH2-]C1CC(C)OC(c2ccccc2)O1. The summed E-state index contributed by atoms with van der Waals surface area (Å²) in [4.78, 5) is 0. The van der Waals surface area contributed by atoms with E-state index in [2.05, 4.69) is 13.8 Å². The van der Waals surface area contributed by atoms with Gasteiger partial charge in [0.25, 0.3) is 0 Å². The molecule has 0 aromatic heterocycles. The van der Waals surface area contributed by atoms with Gasteiger partial charge in [0.15, 0.2) is 6.29 Å². The minimum absolute atomic E-state index is 0.0314. The molecule has 2 heteroatoms. The fraction of sp³-hybridized carbons (Fsp3) is 0.417.